The number of fused-ring (bicyclic) bond motifs is 2. The fourth-order valence-corrected chi connectivity index (χ4v) is 4.66. The lowest BCUT2D eigenvalue weighted by atomic mass is 9.99. The molecule has 1 aliphatic carbocycles. The first-order valence-corrected chi connectivity index (χ1v) is 10.8. The second-order valence-electron chi connectivity index (χ2n) is 8.21. The van der Waals surface area contributed by atoms with E-state index in [1.807, 2.05) is 47.4 Å². The second kappa shape index (κ2) is 7.99. The van der Waals surface area contributed by atoms with E-state index >= 15 is 0 Å². The molecule has 5 heteroatoms. The standard InChI is InChI=1S/C26H25N3O2/c1-18(30)28-13-15-29(16-14-28)26(31)24-21-9-5-6-10-23(21)27-25-20(11-12-22(24)25)17-19-7-3-2-4-8-19/h2-10,17H,11-16H2,1H3. The van der Waals surface area contributed by atoms with Crippen LogP contribution < -0.4 is 0 Å². The molecule has 0 spiro atoms. The van der Waals surface area contributed by atoms with Crippen LogP contribution in [0.4, 0.5) is 0 Å². The molecule has 1 fully saturated rings. The van der Waals surface area contributed by atoms with E-state index in [0.29, 0.717) is 26.2 Å². The Labute approximate surface area is 182 Å². The van der Waals surface area contributed by atoms with Crippen molar-refractivity contribution in [2.45, 2.75) is 19.8 Å². The van der Waals surface area contributed by atoms with Crippen molar-refractivity contribution < 1.29 is 9.59 Å². The monoisotopic (exact) mass is 411 g/mol. The number of nitrogens with zero attached hydrogens (tertiary/aromatic N) is 3. The molecule has 2 aliphatic rings. The summed E-state index contributed by atoms with van der Waals surface area (Å²) in [6.45, 7) is 3.89. The highest BCUT2D eigenvalue weighted by molar-refractivity contribution is 6.09. The van der Waals surface area contributed by atoms with E-state index in [2.05, 4.69) is 18.2 Å². The molecule has 5 nitrogen and oxygen atoms in total. The Balaban J connectivity index is 1.57. The van der Waals surface area contributed by atoms with Crippen molar-refractivity contribution in [1.82, 2.24) is 14.8 Å². The Morgan fingerprint density at radius 1 is 0.871 bits per heavy atom. The maximum absolute atomic E-state index is 13.7. The topological polar surface area (TPSA) is 53.5 Å². The Morgan fingerprint density at radius 3 is 2.29 bits per heavy atom. The molecule has 1 saturated heterocycles. The number of allylic oxidation sites excluding steroid dienone is 1. The number of hydrogen-bond acceptors (Lipinski definition) is 3. The Kier molecular flexibility index (Phi) is 5.02. The Morgan fingerprint density at radius 2 is 1.55 bits per heavy atom. The third-order valence-electron chi connectivity index (χ3n) is 6.31. The number of amides is 2. The van der Waals surface area contributed by atoms with E-state index in [9.17, 15) is 9.59 Å². The third kappa shape index (κ3) is 3.61. The summed E-state index contributed by atoms with van der Waals surface area (Å²) in [7, 11) is 0. The molecule has 3 aromatic rings. The minimum absolute atomic E-state index is 0.0546. The number of carbonyl (C=O) groups excluding carboxylic acids is 2. The molecule has 2 heterocycles. The van der Waals surface area contributed by atoms with Crippen molar-refractivity contribution >= 4 is 34.4 Å². The molecule has 0 radical (unpaired) electrons. The normalized spacial score (nSPS) is 17.3. The van der Waals surface area contributed by atoms with Crippen molar-refractivity contribution in [2.75, 3.05) is 26.2 Å². The van der Waals surface area contributed by atoms with Crippen LogP contribution in [0, 0.1) is 0 Å². The van der Waals surface area contributed by atoms with Crippen LogP contribution in [0.3, 0.4) is 0 Å². The lowest BCUT2D eigenvalue weighted by Gasteiger charge is -2.34. The number of benzene rings is 2. The number of piperazine rings is 1. The third-order valence-corrected chi connectivity index (χ3v) is 6.31. The fraction of sp³-hybridized carbons (Fsp3) is 0.269. The van der Waals surface area contributed by atoms with Gasteiger partial charge in [0.15, 0.2) is 0 Å². The number of hydrogen-bond donors (Lipinski definition) is 0. The summed E-state index contributed by atoms with van der Waals surface area (Å²) >= 11 is 0. The number of para-hydroxylation sites is 1. The van der Waals surface area contributed by atoms with Gasteiger partial charge in [-0.05, 0) is 41.7 Å². The number of rotatable bonds is 2. The molecule has 2 aromatic carbocycles. The molecule has 5 rings (SSSR count). The van der Waals surface area contributed by atoms with Crippen LogP contribution in [0.2, 0.25) is 0 Å². The summed E-state index contributed by atoms with van der Waals surface area (Å²) in [5.74, 6) is 0.122. The lowest BCUT2D eigenvalue weighted by Crippen LogP contribution is -2.50. The maximum Gasteiger partial charge on any atom is 0.255 e. The molecule has 1 aromatic heterocycles. The van der Waals surface area contributed by atoms with E-state index in [0.717, 1.165) is 46.1 Å². The van der Waals surface area contributed by atoms with Crippen LogP contribution >= 0.6 is 0 Å². The van der Waals surface area contributed by atoms with Crippen molar-refractivity contribution in [3.05, 3.63) is 77.0 Å². The predicted molar refractivity (Wildman–Crippen MR) is 123 cm³/mol. The van der Waals surface area contributed by atoms with E-state index in [4.69, 9.17) is 4.98 Å². The highest BCUT2D eigenvalue weighted by atomic mass is 16.2. The minimum atomic E-state index is 0.0546. The first kappa shape index (κ1) is 19.5. The molecule has 156 valence electrons. The highest BCUT2D eigenvalue weighted by Gasteiger charge is 2.30. The quantitative estimate of drug-likeness (QED) is 0.640. The van der Waals surface area contributed by atoms with Gasteiger partial charge in [0.05, 0.1) is 16.8 Å². The van der Waals surface area contributed by atoms with Gasteiger partial charge in [-0.2, -0.15) is 0 Å². The zero-order chi connectivity index (χ0) is 21.4. The summed E-state index contributed by atoms with van der Waals surface area (Å²) in [6.07, 6.45) is 3.89. The van der Waals surface area contributed by atoms with Crippen LogP contribution in [0.15, 0.2) is 54.6 Å². The summed E-state index contributed by atoms with van der Waals surface area (Å²) < 4.78 is 0. The van der Waals surface area contributed by atoms with Gasteiger partial charge in [-0.15, -0.1) is 0 Å². The zero-order valence-corrected chi connectivity index (χ0v) is 17.7. The van der Waals surface area contributed by atoms with Crippen LogP contribution in [0.25, 0.3) is 22.6 Å². The van der Waals surface area contributed by atoms with Gasteiger partial charge in [0.1, 0.15) is 0 Å². The van der Waals surface area contributed by atoms with Gasteiger partial charge in [0.25, 0.3) is 5.91 Å². The molecular weight excluding hydrogens is 386 g/mol. The average molecular weight is 412 g/mol. The molecule has 0 atom stereocenters. The van der Waals surface area contributed by atoms with E-state index in [1.54, 1.807) is 11.8 Å². The smallest absolute Gasteiger partial charge is 0.255 e. The molecule has 31 heavy (non-hydrogen) atoms. The largest absolute Gasteiger partial charge is 0.339 e. The lowest BCUT2D eigenvalue weighted by molar-refractivity contribution is -0.130. The molecule has 1 aliphatic heterocycles. The van der Waals surface area contributed by atoms with Crippen LogP contribution in [-0.2, 0) is 11.2 Å². The molecule has 2 amide bonds. The van der Waals surface area contributed by atoms with Gasteiger partial charge in [-0.25, -0.2) is 4.98 Å². The van der Waals surface area contributed by atoms with Gasteiger partial charge in [0.2, 0.25) is 5.91 Å². The van der Waals surface area contributed by atoms with E-state index in [1.165, 1.54) is 5.57 Å². The van der Waals surface area contributed by atoms with Gasteiger partial charge in [-0.3, -0.25) is 9.59 Å². The molecule has 0 unspecified atom stereocenters. The average Bonchev–Trinajstić information content (AvgIpc) is 3.19. The van der Waals surface area contributed by atoms with Crippen LogP contribution in [0.5, 0.6) is 0 Å². The highest BCUT2D eigenvalue weighted by Crippen LogP contribution is 2.38. The molecule has 0 bridgehead atoms. The number of aromatic nitrogens is 1. The Hall–Kier alpha value is -3.47. The van der Waals surface area contributed by atoms with Crippen molar-refractivity contribution in [1.29, 1.82) is 0 Å². The molecule has 0 saturated carbocycles. The van der Waals surface area contributed by atoms with Gasteiger partial charge >= 0.3 is 0 Å². The van der Waals surface area contributed by atoms with Crippen molar-refractivity contribution in [3.63, 3.8) is 0 Å². The fourth-order valence-electron chi connectivity index (χ4n) is 4.66. The first-order chi connectivity index (χ1) is 15.1. The summed E-state index contributed by atoms with van der Waals surface area (Å²) in [6, 6.07) is 18.2. The van der Waals surface area contributed by atoms with Gasteiger partial charge in [0, 0.05) is 38.5 Å². The summed E-state index contributed by atoms with van der Waals surface area (Å²) in [4.78, 5) is 34.0. The van der Waals surface area contributed by atoms with Crippen LogP contribution in [0.1, 0.15) is 40.5 Å². The van der Waals surface area contributed by atoms with E-state index < -0.39 is 0 Å². The van der Waals surface area contributed by atoms with Crippen molar-refractivity contribution in [2.24, 2.45) is 0 Å². The zero-order valence-electron chi connectivity index (χ0n) is 17.7. The van der Waals surface area contributed by atoms with Crippen LogP contribution in [-0.4, -0.2) is 52.8 Å². The number of carbonyl (C=O) groups is 2. The van der Waals surface area contributed by atoms with E-state index in [-0.39, 0.29) is 11.8 Å². The maximum atomic E-state index is 13.7. The summed E-state index contributed by atoms with van der Waals surface area (Å²) in [5.41, 5.74) is 5.98. The molecule has 0 N–H and O–H groups in total. The molecular formula is C26H25N3O2. The number of pyridine rings is 1. The van der Waals surface area contributed by atoms with Crippen molar-refractivity contribution in [3.8, 4) is 0 Å². The first-order valence-electron chi connectivity index (χ1n) is 10.8. The second-order valence-corrected chi connectivity index (χ2v) is 8.21. The SMILES string of the molecule is CC(=O)N1CCN(C(=O)c2c3c(nc4ccccc24)C(=Cc2ccccc2)CC3)CC1. The minimum Gasteiger partial charge on any atom is -0.339 e. The predicted octanol–water partition coefficient (Wildman–Crippen LogP) is 4.03. The van der Waals surface area contributed by atoms with Gasteiger partial charge < -0.3 is 9.80 Å². The Bertz CT molecular complexity index is 1190. The summed E-state index contributed by atoms with van der Waals surface area (Å²) in [5, 5.41) is 0.918. The van der Waals surface area contributed by atoms with Gasteiger partial charge in [-0.1, -0.05) is 48.5 Å².